The molecule has 1 aromatic carbocycles. The SMILES string of the molecule is CNc1cc(SCc2ccccc2Cl)nc(COC)n1. The van der Waals surface area contributed by atoms with Crippen molar-refractivity contribution in [2.45, 2.75) is 17.4 Å². The summed E-state index contributed by atoms with van der Waals surface area (Å²) in [5, 5.41) is 4.71. The first-order chi connectivity index (χ1) is 9.72. The highest BCUT2D eigenvalue weighted by atomic mass is 35.5. The number of nitrogens with one attached hydrogen (secondary N) is 1. The Labute approximate surface area is 127 Å². The topological polar surface area (TPSA) is 47.0 Å². The maximum absolute atomic E-state index is 6.15. The summed E-state index contributed by atoms with van der Waals surface area (Å²) in [6.07, 6.45) is 0. The van der Waals surface area contributed by atoms with Crippen molar-refractivity contribution in [3.63, 3.8) is 0 Å². The predicted octanol–water partition coefficient (Wildman–Crippen LogP) is 3.61. The van der Waals surface area contributed by atoms with E-state index < -0.39 is 0 Å². The number of benzene rings is 1. The van der Waals surface area contributed by atoms with Crippen LogP contribution in [0.5, 0.6) is 0 Å². The molecule has 20 heavy (non-hydrogen) atoms. The van der Waals surface area contributed by atoms with E-state index in [-0.39, 0.29) is 0 Å². The lowest BCUT2D eigenvalue weighted by molar-refractivity contribution is 0.177. The van der Waals surface area contributed by atoms with E-state index in [9.17, 15) is 0 Å². The van der Waals surface area contributed by atoms with Crippen LogP contribution in [0, 0.1) is 0 Å². The zero-order valence-electron chi connectivity index (χ0n) is 11.4. The van der Waals surface area contributed by atoms with Crippen molar-refractivity contribution < 1.29 is 4.74 Å². The van der Waals surface area contributed by atoms with Gasteiger partial charge in [0.05, 0.1) is 0 Å². The molecule has 0 aliphatic rings. The zero-order valence-corrected chi connectivity index (χ0v) is 13.0. The fraction of sp³-hybridized carbons (Fsp3) is 0.286. The molecule has 0 saturated carbocycles. The average Bonchev–Trinajstić information content (AvgIpc) is 2.46. The number of thioether (sulfide) groups is 1. The van der Waals surface area contributed by atoms with Gasteiger partial charge in [-0.05, 0) is 11.6 Å². The largest absolute Gasteiger partial charge is 0.377 e. The smallest absolute Gasteiger partial charge is 0.157 e. The minimum atomic E-state index is 0.398. The Bertz CT molecular complexity index is 580. The molecule has 0 spiro atoms. The number of rotatable bonds is 6. The molecule has 0 unspecified atom stereocenters. The highest BCUT2D eigenvalue weighted by molar-refractivity contribution is 7.98. The minimum absolute atomic E-state index is 0.398. The van der Waals surface area contributed by atoms with Crippen LogP contribution < -0.4 is 5.32 Å². The molecule has 1 heterocycles. The maximum Gasteiger partial charge on any atom is 0.157 e. The molecule has 2 aromatic rings. The van der Waals surface area contributed by atoms with E-state index >= 15 is 0 Å². The van der Waals surface area contributed by atoms with Gasteiger partial charge >= 0.3 is 0 Å². The van der Waals surface area contributed by atoms with Crippen molar-refractivity contribution >= 4 is 29.2 Å². The van der Waals surface area contributed by atoms with Gasteiger partial charge in [-0.2, -0.15) is 0 Å². The van der Waals surface area contributed by atoms with E-state index in [2.05, 4.69) is 15.3 Å². The molecule has 1 N–H and O–H groups in total. The summed E-state index contributed by atoms with van der Waals surface area (Å²) in [4.78, 5) is 8.79. The number of hydrogen-bond donors (Lipinski definition) is 1. The fourth-order valence-corrected chi connectivity index (χ4v) is 2.84. The van der Waals surface area contributed by atoms with Crippen LogP contribution in [0.4, 0.5) is 5.82 Å². The molecule has 106 valence electrons. The van der Waals surface area contributed by atoms with Crippen molar-refractivity contribution in [2.75, 3.05) is 19.5 Å². The minimum Gasteiger partial charge on any atom is -0.377 e. The highest BCUT2D eigenvalue weighted by Crippen LogP contribution is 2.26. The van der Waals surface area contributed by atoms with Crippen molar-refractivity contribution in [3.05, 3.63) is 46.7 Å². The lowest BCUT2D eigenvalue weighted by Crippen LogP contribution is -2.02. The van der Waals surface area contributed by atoms with Crippen LogP contribution in [-0.4, -0.2) is 24.1 Å². The number of hydrogen-bond acceptors (Lipinski definition) is 5. The van der Waals surface area contributed by atoms with E-state index in [1.165, 1.54) is 0 Å². The molecule has 0 atom stereocenters. The number of methoxy groups -OCH3 is 1. The fourth-order valence-electron chi connectivity index (χ4n) is 1.64. The van der Waals surface area contributed by atoms with Crippen molar-refractivity contribution in [3.8, 4) is 0 Å². The van der Waals surface area contributed by atoms with Gasteiger partial charge in [0.25, 0.3) is 0 Å². The summed E-state index contributed by atoms with van der Waals surface area (Å²) in [5.41, 5.74) is 1.09. The Morgan fingerprint density at radius 3 is 2.80 bits per heavy atom. The summed E-state index contributed by atoms with van der Waals surface area (Å²) in [6.45, 7) is 0.398. The first-order valence-electron chi connectivity index (χ1n) is 6.13. The van der Waals surface area contributed by atoms with E-state index in [0.29, 0.717) is 12.4 Å². The molecule has 0 aliphatic carbocycles. The number of nitrogens with zero attached hydrogens (tertiary/aromatic N) is 2. The van der Waals surface area contributed by atoms with Gasteiger partial charge in [-0.3, -0.25) is 0 Å². The Hall–Kier alpha value is -1.30. The summed E-state index contributed by atoms with van der Waals surface area (Å²) in [6, 6.07) is 9.74. The molecule has 1 aromatic heterocycles. The molecule has 4 nitrogen and oxygen atoms in total. The van der Waals surface area contributed by atoms with E-state index in [1.54, 1.807) is 18.9 Å². The van der Waals surface area contributed by atoms with Crippen LogP contribution >= 0.6 is 23.4 Å². The Morgan fingerprint density at radius 2 is 2.10 bits per heavy atom. The molecular formula is C14H16ClN3OS. The molecule has 0 aliphatic heterocycles. The van der Waals surface area contributed by atoms with Crippen molar-refractivity contribution in [1.29, 1.82) is 0 Å². The Balaban J connectivity index is 2.12. The van der Waals surface area contributed by atoms with Crippen molar-refractivity contribution in [2.24, 2.45) is 0 Å². The first-order valence-corrected chi connectivity index (χ1v) is 7.50. The molecule has 2 rings (SSSR count). The van der Waals surface area contributed by atoms with Gasteiger partial charge in [0.2, 0.25) is 0 Å². The second kappa shape index (κ2) is 7.47. The molecule has 0 amide bonds. The van der Waals surface area contributed by atoms with Gasteiger partial charge in [-0.1, -0.05) is 29.8 Å². The molecule has 0 fully saturated rings. The Morgan fingerprint density at radius 1 is 1.30 bits per heavy atom. The van der Waals surface area contributed by atoms with E-state index in [1.807, 2.05) is 37.4 Å². The lowest BCUT2D eigenvalue weighted by Gasteiger charge is -2.08. The van der Waals surface area contributed by atoms with Crippen LogP contribution in [-0.2, 0) is 17.1 Å². The van der Waals surface area contributed by atoms with Gasteiger partial charge in [0.1, 0.15) is 17.5 Å². The maximum atomic E-state index is 6.15. The third-order valence-electron chi connectivity index (χ3n) is 2.61. The molecular weight excluding hydrogens is 294 g/mol. The molecule has 0 saturated heterocycles. The summed E-state index contributed by atoms with van der Waals surface area (Å²) in [7, 11) is 3.47. The van der Waals surface area contributed by atoms with Crippen LogP contribution in [0.15, 0.2) is 35.4 Å². The van der Waals surface area contributed by atoms with Crippen molar-refractivity contribution in [1.82, 2.24) is 9.97 Å². The normalized spacial score (nSPS) is 10.6. The van der Waals surface area contributed by atoms with E-state index in [0.717, 1.165) is 27.2 Å². The quantitative estimate of drug-likeness (QED) is 0.652. The summed E-state index contributed by atoms with van der Waals surface area (Å²) >= 11 is 7.78. The number of halogens is 1. The van der Waals surface area contributed by atoms with Gasteiger partial charge < -0.3 is 10.1 Å². The summed E-state index contributed by atoms with van der Waals surface area (Å²) in [5.74, 6) is 2.22. The molecule has 6 heteroatoms. The van der Waals surface area contributed by atoms with Gasteiger partial charge in [-0.25, -0.2) is 9.97 Å². The summed E-state index contributed by atoms with van der Waals surface area (Å²) < 4.78 is 5.08. The second-order valence-corrected chi connectivity index (χ2v) is 5.47. The monoisotopic (exact) mass is 309 g/mol. The number of anilines is 1. The first kappa shape index (κ1) is 15.1. The average molecular weight is 310 g/mol. The highest BCUT2D eigenvalue weighted by Gasteiger charge is 2.06. The van der Waals surface area contributed by atoms with Crippen LogP contribution in [0.3, 0.4) is 0 Å². The zero-order chi connectivity index (χ0) is 14.4. The van der Waals surface area contributed by atoms with Crippen LogP contribution in [0.2, 0.25) is 5.02 Å². The van der Waals surface area contributed by atoms with Gasteiger partial charge in [0.15, 0.2) is 5.82 Å². The van der Waals surface area contributed by atoms with Gasteiger partial charge in [-0.15, -0.1) is 11.8 Å². The number of ether oxygens (including phenoxy) is 1. The third kappa shape index (κ3) is 4.10. The molecule has 0 radical (unpaired) electrons. The molecule has 0 bridgehead atoms. The predicted molar refractivity (Wildman–Crippen MR) is 83.3 cm³/mol. The lowest BCUT2D eigenvalue weighted by atomic mass is 10.2. The Kier molecular flexibility index (Phi) is 5.64. The van der Waals surface area contributed by atoms with E-state index in [4.69, 9.17) is 16.3 Å². The second-order valence-electron chi connectivity index (χ2n) is 4.07. The van der Waals surface area contributed by atoms with Gasteiger partial charge in [0, 0.05) is 31.0 Å². The number of aromatic nitrogens is 2. The third-order valence-corrected chi connectivity index (χ3v) is 3.94. The van der Waals surface area contributed by atoms with Crippen LogP contribution in [0.1, 0.15) is 11.4 Å². The standard InChI is InChI=1S/C14H16ClN3OS/c1-16-12-7-14(18-13(17-12)8-19-2)20-9-10-5-3-4-6-11(10)15/h3-7H,8-9H2,1-2H3,(H,16,17,18). The van der Waals surface area contributed by atoms with Crippen LogP contribution in [0.25, 0.3) is 0 Å².